The van der Waals surface area contributed by atoms with Crippen molar-refractivity contribution in [1.82, 2.24) is 15.2 Å². The van der Waals surface area contributed by atoms with Gasteiger partial charge in [-0.3, -0.25) is 10.2 Å². The Labute approximate surface area is 137 Å². The molecule has 5 nitrogen and oxygen atoms in total. The monoisotopic (exact) mass is 314 g/mol. The van der Waals surface area contributed by atoms with Crippen molar-refractivity contribution in [3.63, 3.8) is 0 Å². The lowest BCUT2D eigenvalue weighted by atomic mass is 9.88. The molecule has 0 atom stereocenters. The number of amides is 1. The highest BCUT2D eigenvalue weighted by molar-refractivity contribution is 5.93. The van der Waals surface area contributed by atoms with Crippen LogP contribution in [-0.2, 0) is 10.8 Å². The highest BCUT2D eigenvalue weighted by Gasteiger charge is 2.26. The third-order valence-corrected chi connectivity index (χ3v) is 3.75. The maximum Gasteiger partial charge on any atom is 0.265 e. The first-order chi connectivity index (χ1) is 10.5. The molecule has 3 N–H and O–H groups in total. The highest BCUT2D eigenvalue weighted by Crippen LogP contribution is 2.30. The SMILES string of the molecule is CC(C)(C)c1cc(C(C)(C)C)n(-c2ccc(C(=O)NN)cc2)n1. The van der Waals surface area contributed by atoms with Gasteiger partial charge in [0, 0.05) is 22.1 Å². The van der Waals surface area contributed by atoms with Crippen LogP contribution >= 0.6 is 0 Å². The fourth-order valence-corrected chi connectivity index (χ4v) is 2.32. The van der Waals surface area contributed by atoms with Gasteiger partial charge in [-0.1, -0.05) is 41.5 Å². The molecule has 2 aromatic rings. The van der Waals surface area contributed by atoms with Crippen molar-refractivity contribution in [3.8, 4) is 5.69 Å². The molecule has 0 unspecified atom stereocenters. The van der Waals surface area contributed by atoms with Crippen LogP contribution in [0.4, 0.5) is 0 Å². The fourth-order valence-electron chi connectivity index (χ4n) is 2.32. The lowest BCUT2D eigenvalue weighted by molar-refractivity contribution is 0.0953. The standard InChI is InChI=1S/C18H26N4O/c1-17(2,3)14-11-15(18(4,5)6)22(21-14)13-9-7-12(8-10-13)16(23)20-19/h7-11H,19H2,1-6H3,(H,20,23). The molecular weight excluding hydrogens is 288 g/mol. The zero-order valence-corrected chi connectivity index (χ0v) is 14.8. The number of nitrogens with two attached hydrogens (primary N) is 1. The number of hydrogen-bond acceptors (Lipinski definition) is 3. The van der Waals surface area contributed by atoms with Gasteiger partial charge >= 0.3 is 0 Å². The average Bonchev–Trinajstić information content (AvgIpc) is 2.92. The zero-order valence-electron chi connectivity index (χ0n) is 14.8. The van der Waals surface area contributed by atoms with Gasteiger partial charge in [0.1, 0.15) is 0 Å². The molecule has 0 fully saturated rings. The molecule has 23 heavy (non-hydrogen) atoms. The second kappa shape index (κ2) is 5.81. The van der Waals surface area contributed by atoms with E-state index in [1.807, 2.05) is 16.8 Å². The first-order valence-electron chi connectivity index (χ1n) is 7.76. The van der Waals surface area contributed by atoms with Crippen molar-refractivity contribution in [2.45, 2.75) is 52.4 Å². The van der Waals surface area contributed by atoms with Crippen molar-refractivity contribution in [2.75, 3.05) is 0 Å². The molecule has 0 aliphatic rings. The first-order valence-corrected chi connectivity index (χ1v) is 7.76. The van der Waals surface area contributed by atoms with Crippen LogP contribution in [0.15, 0.2) is 30.3 Å². The van der Waals surface area contributed by atoms with Crippen LogP contribution in [-0.4, -0.2) is 15.7 Å². The Morgan fingerprint density at radius 2 is 1.61 bits per heavy atom. The van der Waals surface area contributed by atoms with E-state index < -0.39 is 0 Å². The summed E-state index contributed by atoms with van der Waals surface area (Å²) in [6, 6.07) is 9.45. The molecule has 2 rings (SSSR count). The summed E-state index contributed by atoms with van der Waals surface area (Å²) in [7, 11) is 0. The molecule has 0 spiro atoms. The average molecular weight is 314 g/mol. The number of benzene rings is 1. The van der Waals surface area contributed by atoms with Gasteiger partial charge in [-0.2, -0.15) is 5.10 Å². The minimum atomic E-state index is -0.302. The molecule has 124 valence electrons. The van der Waals surface area contributed by atoms with Crippen molar-refractivity contribution in [3.05, 3.63) is 47.3 Å². The van der Waals surface area contributed by atoms with Gasteiger partial charge in [-0.15, -0.1) is 0 Å². The Kier molecular flexibility index (Phi) is 4.35. The summed E-state index contributed by atoms with van der Waals surface area (Å²) < 4.78 is 1.96. The number of carbonyl (C=O) groups is 1. The largest absolute Gasteiger partial charge is 0.290 e. The summed E-state index contributed by atoms with van der Waals surface area (Å²) in [5.41, 5.74) is 5.72. The molecule has 0 radical (unpaired) electrons. The first kappa shape index (κ1) is 17.2. The van der Waals surface area contributed by atoms with Gasteiger partial charge in [-0.05, 0) is 30.3 Å². The van der Waals surface area contributed by atoms with E-state index in [0.29, 0.717) is 5.56 Å². The van der Waals surface area contributed by atoms with Crippen LogP contribution in [0, 0.1) is 0 Å². The lowest BCUT2D eigenvalue weighted by Crippen LogP contribution is -2.29. The number of nitrogens with one attached hydrogen (secondary N) is 1. The summed E-state index contributed by atoms with van der Waals surface area (Å²) >= 11 is 0. The zero-order chi connectivity index (χ0) is 17.4. The summed E-state index contributed by atoms with van der Waals surface area (Å²) in [5, 5.41) is 4.80. The summed E-state index contributed by atoms with van der Waals surface area (Å²) in [5.74, 6) is 4.87. The van der Waals surface area contributed by atoms with E-state index in [0.717, 1.165) is 17.1 Å². The molecule has 1 heterocycles. The third-order valence-electron chi connectivity index (χ3n) is 3.75. The smallest absolute Gasteiger partial charge is 0.265 e. The van der Waals surface area contributed by atoms with Crippen LogP contribution in [0.2, 0.25) is 0 Å². The maximum atomic E-state index is 11.6. The molecular formula is C18H26N4O. The molecule has 0 saturated heterocycles. The quantitative estimate of drug-likeness (QED) is 0.508. The topological polar surface area (TPSA) is 72.9 Å². The van der Waals surface area contributed by atoms with Crippen LogP contribution < -0.4 is 11.3 Å². The number of hydrazine groups is 1. The van der Waals surface area contributed by atoms with E-state index in [1.54, 1.807) is 12.1 Å². The molecule has 1 aromatic heterocycles. The van der Waals surface area contributed by atoms with E-state index in [4.69, 9.17) is 10.9 Å². The van der Waals surface area contributed by atoms with E-state index in [9.17, 15) is 4.79 Å². The van der Waals surface area contributed by atoms with Gasteiger partial charge < -0.3 is 0 Å². The normalized spacial score (nSPS) is 12.3. The minimum absolute atomic E-state index is 0.0232. The molecule has 5 heteroatoms. The number of carbonyl (C=O) groups excluding carboxylic acids is 1. The van der Waals surface area contributed by atoms with Gasteiger partial charge in [0.15, 0.2) is 0 Å². The third kappa shape index (κ3) is 3.62. The van der Waals surface area contributed by atoms with E-state index in [2.05, 4.69) is 53.0 Å². The predicted molar refractivity (Wildman–Crippen MR) is 92.6 cm³/mol. The summed E-state index contributed by atoms with van der Waals surface area (Å²) in [6.07, 6.45) is 0. The molecule has 0 aliphatic heterocycles. The minimum Gasteiger partial charge on any atom is -0.290 e. The van der Waals surface area contributed by atoms with Crippen LogP contribution in [0.3, 0.4) is 0 Å². The number of hydrogen-bond donors (Lipinski definition) is 2. The Bertz CT molecular complexity index is 700. The lowest BCUT2D eigenvalue weighted by Gasteiger charge is -2.20. The maximum absolute atomic E-state index is 11.6. The summed E-state index contributed by atoms with van der Waals surface area (Å²) in [6.45, 7) is 13.0. The van der Waals surface area contributed by atoms with Crippen molar-refractivity contribution < 1.29 is 4.79 Å². The van der Waals surface area contributed by atoms with Crippen LogP contribution in [0.5, 0.6) is 0 Å². The highest BCUT2D eigenvalue weighted by atomic mass is 16.2. The molecule has 0 bridgehead atoms. The van der Waals surface area contributed by atoms with E-state index in [-0.39, 0.29) is 16.7 Å². The molecule has 1 aromatic carbocycles. The second-order valence-electron chi connectivity index (χ2n) is 7.85. The van der Waals surface area contributed by atoms with E-state index in [1.165, 1.54) is 0 Å². The van der Waals surface area contributed by atoms with Crippen LogP contribution in [0.1, 0.15) is 63.3 Å². The van der Waals surface area contributed by atoms with Gasteiger partial charge in [-0.25, -0.2) is 10.5 Å². The molecule has 0 aliphatic carbocycles. The second-order valence-corrected chi connectivity index (χ2v) is 7.85. The number of nitrogens with zero attached hydrogens (tertiary/aromatic N) is 2. The molecule has 0 saturated carbocycles. The van der Waals surface area contributed by atoms with Crippen molar-refractivity contribution in [1.29, 1.82) is 0 Å². The Morgan fingerprint density at radius 1 is 1.04 bits per heavy atom. The Balaban J connectivity index is 2.53. The Morgan fingerprint density at radius 3 is 2.04 bits per heavy atom. The molecule has 1 amide bonds. The van der Waals surface area contributed by atoms with Crippen molar-refractivity contribution >= 4 is 5.91 Å². The Hall–Kier alpha value is -2.14. The fraction of sp³-hybridized carbons (Fsp3) is 0.444. The number of nitrogen functional groups attached to an aromatic ring is 1. The number of aromatic nitrogens is 2. The summed E-state index contributed by atoms with van der Waals surface area (Å²) in [4.78, 5) is 11.6. The van der Waals surface area contributed by atoms with Gasteiger partial charge in [0.25, 0.3) is 5.91 Å². The van der Waals surface area contributed by atoms with Crippen LogP contribution in [0.25, 0.3) is 5.69 Å². The van der Waals surface area contributed by atoms with Gasteiger partial charge in [0.05, 0.1) is 11.4 Å². The number of rotatable bonds is 2. The van der Waals surface area contributed by atoms with Gasteiger partial charge in [0.2, 0.25) is 0 Å². The van der Waals surface area contributed by atoms with Crippen molar-refractivity contribution in [2.24, 2.45) is 5.84 Å². The predicted octanol–water partition coefficient (Wildman–Crippen LogP) is 3.07. The van der Waals surface area contributed by atoms with E-state index >= 15 is 0 Å².